The van der Waals surface area contributed by atoms with E-state index in [0.29, 0.717) is 15.9 Å². The number of nitrogens with two attached hydrogens (primary N) is 1. The van der Waals surface area contributed by atoms with Gasteiger partial charge in [-0.1, -0.05) is 15.9 Å². The van der Waals surface area contributed by atoms with Gasteiger partial charge in [0.2, 0.25) is 0 Å². The van der Waals surface area contributed by atoms with E-state index in [2.05, 4.69) is 20.9 Å². The molecule has 0 aliphatic carbocycles. The Morgan fingerprint density at radius 3 is 2.60 bits per heavy atom. The molecule has 0 aliphatic heterocycles. The van der Waals surface area contributed by atoms with Gasteiger partial charge < -0.3 is 10.5 Å². The van der Waals surface area contributed by atoms with Crippen LogP contribution in [0.1, 0.15) is 21.7 Å². The highest BCUT2D eigenvalue weighted by Gasteiger charge is 2.16. The average Bonchev–Trinajstić information content (AvgIpc) is 2.25. The molecule has 6 heteroatoms. The van der Waals surface area contributed by atoms with E-state index in [1.54, 1.807) is 26.0 Å². The van der Waals surface area contributed by atoms with Crippen molar-refractivity contribution in [2.75, 3.05) is 0 Å². The van der Waals surface area contributed by atoms with E-state index >= 15 is 0 Å². The highest BCUT2D eigenvalue weighted by atomic mass is 79.9. The molecule has 1 heterocycles. The van der Waals surface area contributed by atoms with Gasteiger partial charge in [-0.15, -0.1) is 0 Å². The first kappa shape index (κ1) is 14.5. The minimum absolute atomic E-state index is 0.191. The van der Waals surface area contributed by atoms with Crippen molar-refractivity contribution in [2.24, 2.45) is 5.73 Å². The lowest BCUT2D eigenvalue weighted by molar-refractivity contribution is 0.0997. The van der Waals surface area contributed by atoms with E-state index in [-0.39, 0.29) is 17.1 Å². The van der Waals surface area contributed by atoms with Crippen molar-refractivity contribution in [3.8, 4) is 11.5 Å². The van der Waals surface area contributed by atoms with Gasteiger partial charge in [-0.3, -0.25) is 9.78 Å². The van der Waals surface area contributed by atoms with Crippen LogP contribution in [0.25, 0.3) is 0 Å². The van der Waals surface area contributed by atoms with Gasteiger partial charge in [0, 0.05) is 22.3 Å². The van der Waals surface area contributed by atoms with E-state index in [4.69, 9.17) is 10.5 Å². The van der Waals surface area contributed by atoms with Crippen molar-refractivity contribution in [3.63, 3.8) is 0 Å². The van der Waals surface area contributed by atoms with Crippen molar-refractivity contribution < 1.29 is 13.9 Å². The number of carbonyl (C=O) groups is 1. The van der Waals surface area contributed by atoms with Crippen molar-refractivity contribution >= 4 is 21.8 Å². The summed E-state index contributed by atoms with van der Waals surface area (Å²) in [6.07, 6.45) is 0. The Labute approximate surface area is 123 Å². The average molecular weight is 339 g/mol. The van der Waals surface area contributed by atoms with Gasteiger partial charge in [0.05, 0.1) is 5.69 Å². The molecule has 0 fully saturated rings. The molecule has 1 aromatic heterocycles. The maximum atomic E-state index is 13.3. The third-order valence-corrected chi connectivity index (χ3v) is 3.06. The molecule has 0 bridgehead atoms. The Morgan fingerprint density at radius 2 is 2.00 bits per heavy atom. The molecule has 1 aromatic carbocycles. The zero-order valence-electron chi connectivity index (χ0n) is 10.9. The molecule has 0 spiro atoms. The second kappa shape index (κ2) is 5.58. The Hall–Kier alpha value is -1.95. The van der Waals surface area contributed by atoms with Gasteiger partial charge >= 0.3 is 0 Å². The lowest BCUT2D eigenvalue weighted by atomic mass is 10.1. The minimum atomic E-state index is -0.638. The molecule has 2 N–H and O–H groups in total. The zero-order chi connectivity index (χ0) is 14.9. The fraction of sp³-hybridized carbons (Fsp3) is 0.143. The Kier molecular flexibility index (Phi) is 4.04. The molecular formula is C14H12BrFN2O2. The van der Waals surface area contributed by atoms with Crippen molar-refractivity contribution in [1.82, 2.24) is 4.98 Å². The summed E-state index contributed by atoms with van der Waals surface area (Å²) in [6, 6.07) is 5.72. The Balaban J connectivity index is 2.49. The summed E-state index contributed by atoms with van der Waals surface area (Å²) in [5.41, 5.74) is 6.68. The predicted octanol–water partition coefficient (Wildman–Crippen LogP) is 3.49. The van der Waals surface area contributed by atoms with Gasteiger partial charge in [0.25, 0.3) is 5.91 Å². The number of carbonyl (C=O) groups excluding carboxylic acids is 1. The first-order valence-electron chi connectivity index (χ1n) is 5.79. The summed E-state index contributed by atoms with van der Waals surface area (Å²) in [7, 11) is 0. The van der Waals surface area contributed by atoms with Crippen LogP contribution < -0.4 is 10.5 Å². The Morgan fingerprint density at radius 1 is 1.30 bits per heavy atom. The minimum Gasteiger partial charge on any atom is -0.456 e. The van der Waals surface area contributed by atoms with Gasteiger partial charge in [0.1, 0.15) is 22.9 Å². The van der Waals surface area contributed by atoms with Gasteiger partial charge in [-0.25, -0.2) is 4.39 Å². The normalized spacial score (nSPS) is 10.4. The predicted molar refractivity (Wildman–Crippen MR) is 76.4 cm³/mol. The number of primary amides is 1. The second-order valence-corrected chi connectivity index (χ2v) is 5.21. The number of ether oxygens (including phenoxy) is 1. The maximum absolute atomic E-state index is 13.3. The summed E-state index contributed by atoms with van der Waals surface area (Å²) >= 11 is 3.18. The van der Waals surface area contributed by atoms with Crippen LogP contribution in [0.5, 0.6) is 11.5 Å². The van der Waals surface area contributed by atoms with Crippen LogP contribution in [-0.4, -0.2) is 10.9 Å². The molecule has 0 aliphatic rings. The number of pyridine rings is 1. The highest BCUT2D eigenvalue weighted by Crippen LogP contribution is 2.29. The molecule has 0 atom stereocenters. The number of benzene rings is 1. The molecule has 2 aromatic rings. The van der Waals surface area contributed by atoms with Crippen LogP contribution in [0.2, 0.25) is 0 Å². The SMILES string of the molecule is Cc1cc(Oc2cc(F)cc(Br)c2)c(C(N)=O)c(C)n1. The van der Waals surface area contributed by atoms with E-state index in [9.17, 15) is 9.18 Å². The number of hydrogen-bond acceptors (Lipinski definition) is 3. The van der Waals surface area contributed by atoms with E-state index in [1.807, 2.05) is 0 Å². The topological polar surface area (TPSA) is 65.2 Å². The summed E-state index contributed by atoms with van der Waals surface area (Å²) < 4.78 is 19.5. The van der Waals surface area contributed by atoms with Gasteiger partial charge in [-0.2, -0.15) is 0 Å². The van der Waals surface area contributed by atoms with Crippen molar-refractivity contribution in [3.05, 3.63) is 51.5 Å². The molecule has 20 heavy (non-hydrogen) atoms. The van der Waals surface area contributed by atoms with Crippen LogP contribution in [0, 0.1) is 19.7 Å². The molecule has 2 rings (SSSR count). The Bertz CT molecular complexity index is 669. The van der Waals surface area contributed by atoms with Crippen molar-refractivity contribution in [2.45, 2.75) is 13.8 Å². The number of halogens is 2. The molecule has 104 valence electrons. The lowest BCUT2D eigenvalue weighted by Crippen LogP contribution is -2.15. The molecule has 4 nitrogen and oxygen atoms in total. The fourth-order valence-corrected chi connectivity index (χ4v) is 2.33. The van der Waals surface area contributed by atoms with Gasteiger partial charge in [-0.05, 0) is 26.0 Å². The lowest BCUT2D eigenvalue weighted by Gasteiger charge is -2.12. The smallest absolute Gasteiger partial charge is 0.254 e. The quantitative estimate of drug-likeness (QED) is 0.931. The summed E-state index contributed by atoms with van der Waals surface area (Å²) in [5.74, 6) is -0.553. The van der Waals surface area contributed by atoms with E-state index in [1.165, 1.54) is 12.1 Å². The molecule has 0 radical (unpaired) electrons. The van der Waals surface area contributed by atoms with E-state index in [0.717, 1.165) is 0 Å². The highest BCUT2D eigenvalue weighted by molar-refractivity contribution is 9.10. The molecular weight excluding hydrogens is 327 g/mol. The van der Waals surface area contributed by atoms with Crippen molar-refractivity contribution in [1.29, 1.82) is 0 Å². The van der Waals surface area contributed by atoms with Crippen LogP contribution in [-0.2, 0) is 0 Å². The second-order valence-electron chi connectivity index (χ2n) is 4.29. The standard InChI is InChI=1S/C14H12BrFN2O2/c1-7-3-12(13(14(17)19)8(2)18-7)20-11-5-9(15)4-10(16)6-11/h3-6H,1-2H3,(H2,17,19). The third-order valence-electron chi connectivity index (χ3n) is 2.60. The van der Waals surface area contributed by atoms with E-state index < -0.39 is 11.7 Å². The molecule has 1 amide bonds. The van der Waals surface area contributed by atoms with Crippen LogP contribution >= 0.6 is 15.9 Å². The number of amides is 1. The number of aryl methyl sites for hydroxylation is 2. The largest absolute Gasteiger partial charge is 0.456 e. The number of rotatable bonds is 3. The monoisotopic (exact) mass is 338 g/mol. The van der Waals surface area contributed by atoms with Gasteiger partial charge in [0.15, 0.2) is 0 Å². The van der Waals surface area contributed by atoms with Crippen LogP contribution in [0.4, 0.5) is 4.39 Å². The fourth-order valence-electron chi connectivity index (χ4n) is 1.89. The summed E-state index contributed by atoms with van der Waals surface area (Å²) in [5, 5.41) is 0. The van der Waals surface area contributed by atoms with Crippen LogP contribution in [0.15, 0.2) is 28.7 Å². The summed E-state index contributed by atoms with van der Waals surface area (Å²) in [4.78, 5) is 15.7. The van der Waals surface area contributed by atoms with Crippen LogP contribution in [0.3, 0.4) is 0 Å². The molecule has 0 unspecified atom stereocenters. The molecule has 0 saturated heterocycles. The third kappa shape index (κ3) is 3.14. The number of aromatic nitrogens is 1. The zero-order valence-corrected chi connectivity index (χ0v) is 12.5. The summed E-state index contributed by atoms with van der Waals surface area (Å²) in [6.45, 7) is 3.44. The number of hydrogen-bond donors (Lipinski definition) is 1. The first-order valence-corrected chi connectivity index (χ1v) is 6.58. The maximum Gasteiger partial charge on any atom is 0.254 e. The molecule has 0 saturated carbocycles. The number of nitrogens with zero attached hydrogens (tertiary/aromatic N) is 1. The first-order chi connectivity index (χ1) is 9.36.